The summed E-state index contributed by atoms with van der Waals surface area (Å²) in [5.41, 5.74) is 1.84. The Morgan fingerprint density at radius 2 is 2.17 bits per heavy atom. The molecule has 0 aromatic heterocycles. The average molecular weight is 244 g/mol. The van der Waals surface area contributed by atoms with Crippen LogP contribution in [0.1, 0.15) is 30.4 Å². The van der Waals surface area contributed by atoms with Gasteiger partial charge in [0.05, 0.1) is 18.2 Å². The highest BCUT2D eigenvalue weighted by atomic mass is 16.5. The van der Waals surface area contributed by atoms with Gasteiger partial charge in [0, 0.05) is 6.61 Å². The second-order valence-corrected chi connectivity index (χ2v) is 4.86. The van der Waals surface area contributed by atoms with Gasteiger partial charge in [0.2, 0.25) is 0 Å². The molecule has 1 aromatic carbocycles. The van der Waals surface area contributed by atoms with Crippen molar-refractivity contribution in [3.63, 3.8) is 0 Å². The molecule has 1 N–H and O–H groups in total. The topological polar surface area (TPSA) is 45.0 Å². The Morgan fingerprint density at radius 1 is 1.33 bits per heavy atom. The van der Waals surface area contributed by atoms with Crippen LogP contribution in [0.2, 0.25) is 0 Å². The van der Waals surface area contributed by atoms with Crippen molar-refractivity contribution in [1.82, 2.24) is 5.32 Å². The molecule has 1 fully saturated rings. The first-order chi connectivity index (χ1) is 8.88. The molecule has 3 nitrogen and oxygen atoms in total. The highest BCUT2D eigenvalue weighted by Gasteiger charge is 2.12. The Hall–Kier alpha value is -1.37. The molecule has 96 valence electrons. The van der Waals surface area contributed by atoms with Crippen molar-refractivity contribution in [2.75, 3.05) is 19.7 Å². The maximum atomic E-state index is 8.70. The third kappa shape index (κ3) is 4.14. The largest absolute Gasteiger partial charge is 0.377 e. The predicted octanol–water partition coefficient (Wildman–Crippen LogP) is 2.46. The zero-order valence-electron chi connectivity index (χ0n) is 10.7. The van der Waals surface area contributed by atoms with E-state index in [9.17, 15) is 0 Å². The summed E-state index contributed by atoms with van der Waals surface area (Å²) in [6.45, 7) is 3.78. The number of nitrogens with zero attached hydrogens (tertiary/aromatic N) is 1. The molecular weight excluding hydrogens is 224 g/mol. The first-order valence-corrected chi connectivity index (χ1v) is 6.66. The van der Waals surface area contributed by atoms with Gasteiger partial charge in [-0.15, -0.1) is 0 Å². The predicted molar refractivity (Wildman–Crippen MR) is 71.0 cm³/mol. The van der Waals surface area contributed by atoms with E-state index in [1.807, 2.05) is 24.3 Å². The van der Waals surface area contributed by atoms with Crippen molar-refractivity contribution in [2.24, 2.45) is 5.92 Å². The lowest BCUT2D eigenvalue weighted by Gasteiger charge is -2.22. The molecule has 0 bridgehead atoms. The zero-order valence-corrected chi connectivity index (χ0v) is 10.7. The molecule has 0 radical (unpaired) electrons. The zero-order chi connectivity index (χ0) is 12.6. The van der Waals surface area contributed by atoms with Crippen LogP contribution < -0.4 is 5.32 Å². The molecule has 1 atom stereocenters. The van der Waals surface area contributed by atoms with Gasteiger partial charge in [-0.1, -0.05) is 12.1 Å². The van der Waals surface area contributed by atoms with E-state index in [0.29, 0.717) is 12.2 Å². The van der Waals surface area contributed by atoms with E-state index in [4.69, 9.17) is 10.00 Å². The van der Waals surface area contributed by atoms with Crippen molar-refractivity contribution in [3.8, 4) is 6.07 Å². The highest BCUT2D eigenvalue weighted by Crippen LogP contribution is 2.14. The summed E-state index contributed by atoms with van der Waals surface area (Å²) in [4.78, 5) is 0. The maximum absolute atomic E-state index is 8.70. The van der Waals surface area contributed by atoms with Crippen molar-refractivity contribution in [3.05, 3.63) is 35.4 Å². The van der Waals surface area contributed by atoms with Crippen molar-refractivity contribution < 1.29 is 4.74 Å². The molecule has 1 saturated heterocycles. The number of rotatable bonds is 5. The highest BCUT2D eigenvalue weighted by molar-refractivity contribution is 5.31. The number of nitriles is 1. The summed E-state index contributed by atoms with van der Waals surface area (Å²) in [5, 5.41) is 12.1. The average Bonchev–Trinajstić information content (AvgIpc) is 2.45. The quantitative estimate of drug-likeness (QED) is 0.809. The molecule has 1 aromatic rings. The first kappa shape index (κ1) is 13.1. The number of ether oxygens (including phenoxy) is 1. The normalized spacial score (nSPS) is 19.4. The van der Waals surface area contributed by atoms with Gasteiger partial charge >= 0.3 is 0 Å². The van der Waals surface area contributed by atoms with Gasteiger partial charge in [0.25, 0.3) is 0 Å². The SMILES string of the molecule is N#Cc1ccc(COCCC2CCCNC2)cc1. The summed E-state index contributed by atoms with van der Waals surface area (Å²) in [7, 11) is 0. The number of hydrogen-bond acceptors (Lipinski definition) is 3. The van der Waals surface area contributed by atoms with Crippen LogP contribution in [-0.4, -0.2) is 19.7 Å². The van der Waals surface area contributed by atoms with Gasteiger partial charge in [-0.2, -0.15) is 5.26 Å². The van der Waals surface area contributed by atoms with Crippen LogP contribution >= 0.6 is 0 Å². The maximum Gasteiger partial charge on any atom is 0.0991 e. The molecule has 18 heavy (non-hydrogen) atoms. The molecule has 2 rings (SSSR count). The molecular formula is C15H20N2O. The lowest BCUT2D eigenvalue weighted by Crippen LogP contribution is -2.30. The van der Waals surface area contributed by atoms with Crippen LogP contribution in [0.4, 0.5) is 0 Å². The van der Waals surface area contributed by atoms with Crippen LogP contribution in [0.3, 0.4) is 0 Å². The number of piperidine rings is 1. The molecule has 1 unspecified atom stereocenters. The molecule has 0 aliphatic carbocycles. The Labute approximate surface area is 109 Å². The second kappa shape index (κ2) is 7.15. The minimum atomic E-state index is 0.645. The lowest BCUT2D eigenvalue weighted by molar-refractivity contribution is 0.103. The van der Waals surface area contributed by atoms with Crippen LogP contribution in [0.5, 0.6) is 0 Å². The fraction of sp³-hybridized carbons (Fsp3) is 0.533. The van der Waals surface area contributed by atoms with Gasteiger partial charge in [0.15, 0.2) is 0 Å². The van der Waals surface area contributed by atoms with Gasteiger partial charge < -0.3 is 10.1 Å². The van der Waals surface area contributed by atoms with E-state index < -0.39 is 0 Å². The van der Waals surface area contributed by atoms with Crippen LogP contribution in [0, 0.1) is 17.2 Å². The van der Waals surface area contributed by atoms with E-state index in [1.165, 1.54) is 19.4 Å². The van der Waals surface area contributed by atoms with Crippen molar-refractivity contribution >= 4 is 0 Å². The number of nitrogens with one attached hydrogen (secondary N) is 1. The number of hydrogen-bond donors (Lipinski definition) is 1. The van der Waals surface area contributed by atoms with E-state index >= 15 is 0 Å². The molecule has 1 aliphatic heterocycles. The molecule has 0 saturated carbocycles. The fourth-order valence-corrected chi connectivity index (χ4v) is 2.29. The fourth-order valence-electron chi connectivity index (χ4n) is 2.29. The summed E-state index contributed by atoms with van der Waals surface area (Å²) in [6, 6.07) is 9.71. The summed E-state index contributed by atoms with van der Waals surface area (Å²) >= 11 is 0. The van der Waals surface area contributed by atoms with E-state index in [1.54, 1.807) is 0 Å². The van der Waals surface area contributed by atoms with Gasteiger partial charge in [-0.3, -0.25) is 0 Å². The van der Waals surface area contributed by atoms with Gasteiger partial charge in [-0.05, 0) is 56.0 Å². The standard InChI is InChI=1S/C15H20N2O/c16-10-13-3-5-15(6-4-13)12-18-9-7-14-2-1-8-17-11-14/h3-6,14,17H,1-2,7-9,11-12H2. The minimum Gasteiger partial charge on any atom is -0.377 e. The smallest absolute Gasteiger partial charge is 0.0991 e. The van der Waals surface area contributed by atoms with Crippen molar-refractivity contribution in [1.29, 1.82) is 5.26 Å². The van der Waals surface area contributed by atoms with Crippen LogP contribution in [0.15, 0.2) is 24.3 Å². The Balaban J connectivity index is 1.63. The summed E-state index contributed by atoms with van der Waals surface area (Å²) < 4.78 is 5.69. The Morgan fingerprint density at radius 3 is 2.83 bits per heavy atom. The molecule has 0 amide bonds. The monoisotopic (exact) mass is 244 g/mol. The molecule has 1 heterocycles. The van der Waals surface area contributed by atoms with Gasteiger partial charge in [-0.25, -0.2) is 0 Å². The number of benzene rings is 1. The van der Waals surface area contributed by atoms with E-state index in [2.05, 4.69) is 11.4 Å². The van der Waals surface area contributed by atoms with Crippen molar-refractivity contribution in [2.45, 2.75) is 25.9 Å². The Bertz CT molecular complexity index is 388. The summed E-state index contributed by atoms with van der Waals surface area (Å²) in [6.07, 6.45) is 3.76. The molecule has 1 aliphatic rings. The van der Waals surface area contributed by atoms with Crippen LogP contribution in [-0.2, 0) is 11.3 Å². The summed E-state index contributed by atoms with van der Waals surface area (Å²) in [5.74, 6) is 0.778. The van der Waals surface area contributed by atoms with E-state index in [-0.39, 0.29) is 0 Å². The molecule has 3 heteroatoms. The Kier molecular flexibility index (Phi) is 5.19. The molecule has 0 spiro atoms. The van der Waals surface area contributed by atoms with Crippen LogP contribution in [0.25, 0.3) is 0 Å². The first-order valence-electron chi connectivity index (χ1n) is 6.66. The van der Waals surface area contributed by atoms with E-state index in [0.717, 1.165) is 31.1 Å². The lowest BCUT2D eigenvalue weighted by atomic mass is 9.97. The van der Waals surface area contributed by atoms with Gasteiger partial charge in [0.1, 0.15) is 0 Å². The minimum absolute atomic E-state index is 0.645. The third-order valence-corrected chi connectivity index (χ3v) is 3.42. The second-order valence-electron chi connectivity index (χ2n) is 4.86. The third-order valence-electron chi connectivity index (χ3n) is 3.42.